The third-order valence-electron chi connectivity index (χ3n) is 15.4. The minimum atomic E-state index is -4.62. The molecule has 3 atom stereocenters. The third kappa shape index (κ3) is 68.1. The summed E-state index contributed by atoms with van der Waals surface area (Å²) >= 11 is 0. The summed E-state index contributed by atoms with van der Waals surface area (Å²) in [7, 11) is 1.24. The molecule has 9 heteroatoms. The SMILES string of the molecule is CC/C=C\C/C=C\C/C=C\C/C=C\C/C=C\C/C=C\C/C=C\C/C=C\C/C=C\C/C=C\CCCCCCCCC(=O)NC(COP(=O)([O-])OCC[N+](C)(C)C)C(O)/C=C/CCCCCCCCCCCCCCCCCCCCCCCCCCC. The van der Waals surface area contributed by atoms with Gasteiger partial charge in [0, 0.05) is 6.42 Å². The monoisotopic (exact) mass is 1220 g/mol. The molecule has 0 aromatic carbocycles. The molecule has 0 heterocycles. The molecule has 0 aliphatic rings. The van der Waals surface area contributed by atoms with Crippen LogP contribution in [0, 0.1) is 0 Å². The van der Waals surface area contributed by atoms with E-state index in [0.717, 1.165) is 128 Å². The van der Waals surface area contributed by atoms with Crippen molar-refractivity contribution in [3.8, 4) is 0 Å². The summed E-state index contributed by atoms with van der Waals surface area (Å²) in [5.74, 6) is -0.214. The fourth-order valence-electron chi connectivity index (χ4n) is 9.89. The van der Waals surface area contributed by atoms with Gasteiger partial charge in [-0.2, -0.15) is 0 Å². The van der Waals surface area contributed by atoms with Gasteiger partial charge in [0.15, 0.2) is 0 Å². The van der Waals surface area contributed by atoms with E-state index < -0.39 is 26.6 Å². The molecule has 0 saturated heterocycles. The number of aliphatic hydroxyl groups is 1. The minimum Gasteiger partial charge on any atom is -0.756 e. The molecule has 8 nitrogen and oxygen atoms in total. The summed E-state index contributed by atoms with van der Waals surface area (Å²) in [6.45, 7) is 4.54. The van der Waals surface area contributed by atoms with Crippen LogP contribution < -0.4 is 10.2 Å². The Bertz CT molecular complexity index is 1870. The lowest BCUT2D eigenvalue weighted by Crippen LogP contribution is -2.45. The van der Waals surface area contributed by atoms with Gasteiger partial charge >= 0.3 is 0 Å². The first-order chi connectivity index (χ1) is 42.0. The number of phosphoric ester groups is 1. The van der Waals surface area contributed by atoms with Gasteiger partial charge in [0.1, 0.15) is 13.2 Å². The normalized spacial score (nSPS) is 14.5. The number of carbonyl (C=O) groups is 1. The van der Waals surface area contributed by atoms with Crippen molar-refractivity contribution < 1.29 is 32.9 Å². The van der Waals surface area contributed by atoms with Crippen LogP contribution in [0.1, 0.15) is 296 Å². The average molecular weight is 1220 g/mol. The molecule has 1 amide bonds. The Morgan fingerprint density at radius 2 is 0.709 bits per heavy atom. The van der Waals surface area contributed by atoms with Gasteiger partial charge in [-0.15, -0.1) is 0 Å². The number of nitrogens with one attached hydrogen (secondary N) is 1. The Kier molecular flexibility index (Phi) is 63.5. The molecular weight excluding hydrogens is 1080 g/mol. The number of carbonyl (C=O) groups excluding carboxylic acids is 1. The second kappa shape index (κ2) is 66.1. The van der Waals surface area contributed by atoms with E-state index in [-0.39, 0.29) is 12.5 Å². The van der Waals surface area contributed by atoms with Crippen LogP contribution in [0.15, 0.2) is 134 Å². The van der Waals surface area contributed by atoms with Gasteiger partial charge in [0.25, 0.3) is 7.82 Å². The molecule has 2 N–H and O–H groups in total. The first-order valence-corrected chi connectivity index (χ1v) is 37.0. The molecule has 86 heavy (non-hydrogen) atoms. The van der Waals surface area contributed by atoms with Gasteiger partial charge in [-0.1, -0.05) is 327 Å². The van der Waals surface area contributed by atoms with Crippen LogP contribution in [-0.4, -0.2) is 68.5 Å². The highest BCUT2D eigenvalue weighted by atomic mass is 31.2. The number of hydrogen-bond donors (Lipinski definition) is 2. The van der Waals surface area contributed by atoms with Crippen LogP contribution in [0.4, 0.5) is 0 Å². The zero-order valence-corrected chi connectivity index (χ0v) is 57.4. The Labute approximate surface area is 532 Å². The summed E-state index contributed by atoms with van der Waals surface area (Å²) in [6.07, 6.45) is 99.9. The largest absolute Gasteiger partial charge is 0.756 e. The van der Waals surface area contributed by atoms with E-state index in [1.165, 1.54) is 148 Å². The minimum absolute atomic E-state index is 0.0104. The fraction of sp³-hybridized carbons (Fsp3) is 0.701. The quantitative estimate of drug-likeness (QED) is 0.0272. The summed E-state index contributed by atoms with van der Waals surface area (Å²) in [6, 6.07) is -0.906. The highest BCUT2D eigenvalue weighted by Crippen LogP contribution is 2.38. The van der Waals surface area contributed by atoms with Gasteiger partial charge < -0.3 is 28.8 Å². The molecule has 0 saturated carbocycles. The maximum Gasteiger partial charge on any atom is 0.268 e. The summed E-state index contributed by atoms with van der Waals surface area (Å²) in [4.78, 5) is 25.6. The second-order valence-corrected chi connectivity index (χ2v) is 26.3. The number of nitrogens with zero attached hydrogens (tertiary/aromatic N) is 1. The number of unbranched alkanes of at least 4 members (excludes halogenated alkanes) is 31. The first kappa shape index (κ1) is 82.6. The van der Waals surface area contributed by atoms with Gasteiger partial charge in [-0.25, -0.2) is 0 Å². The van der Waals surface area contributed by atoms with Gasteiger partial charge in [-0.05, 0) is 96.3 Å². The topological polar surface area (TPSA) is 108 Å². The van der Waals surface area contributed by atoms with Gasteiger partial charge in [-0.3, -0.25) is 9.36 Å². The van der Waals surface area contributed by atoms with E-state index in [2.05, 4.69) is 141 Å². The van der Waals surface area contributed by atoms with Crippen molar-refractivity contribution in [3.63, 3.8) is 0 Å². The van der Waals surface area contributed by atoms with Crippen LogP contribution in [0.2, 0.25) is 0 Å². The van der Waals surface area contributed by atoms with Crippen molar-refractivity contribution in [1.82, 2.24) is 5.32 Å². The number of likely N-dealkylation sites (N-methyl/N-ethyl adjacent to an activating group) is 1. The summed E-state index contributed by atoms with van der Waals surface area (Å²) < 4.78 is 23.5. The Morgan fingerprint density at radius 3 is 1.03 bits per heavy atom. The van der Waals surface area contributed by atoms with Crippen LogP contribution >= 0.6 is 7.82 Å². The zero-order valence-electron chi connectivity index (χ0n) is 56.5. The Hall–Kier alpha value is -3.36. The van der Waals surface area contributed by atoms with E-state index in [0.29, 0.717) is 17.4 Å². The van der Waals surface area contributed by atoms with Gasteiger partial charge in [0.2, 0.25) is 5.91 Å². The third-order valence-corrected chi connectivity index (χ3v) is 16.3. The van der Waals surface area contributed by atoms with Crippen molar-refractivity contribution >= 4 is 13.7 Å². The lowest BCUT2D eigenvalue weighted by atomic mass is 10.0. The van der Waals surface area contributed by atoms with E-state index in [4.69, 9.17) is 9.05 Å². The van der Waals surface area contributed by atoms with Crippen molar-refractivity contribution in [1.29, 1.82) is 0 Å². The van der Waals surface area contributed by atoms with Crippen LogP contribution in [0.5, 0.6) is 0 Å². The Balaban J connectivity index is 4.18. The van der Waals surface area contributed by atoms with E-state index in [9.17, 15) is 19.4 Å². The highest BCUT2D eigenvalue weighted by molar-refractivity contribution is 7.45. The molecule has 0 radical (unpaired) electrons. The second-order valence-electron chi connectivity index (χ2n) is 24.9. The van der Waals surface area contributed by atoms with Crippen LogP contribution in [0.25, 0.3) is 0 Å². The lowest BCUT2D eigenvalue weighted by molar-refractivity contribution is -0.870. The fourth-order valence-corrected chi connectivity index (χ4v) is 10.6. The molecule has 0 fully saturated rings. The molecule has 0 bridgehead atoms. The number of hydrogen-bond acceptors (Lipinski definition) is 6. The lowest BCUT2D eigenvalue weighted by Gasteiger charge is -2.29. The number of aliphatic hydroxyl groups excluding tert-OH is 1. The van der Waals surface area contributed by atoms with E-state index in [1.807, 2.05) is 27.2 Å². The Morgan fingerprint density at radius 1 is 0.419 bits per heavy atom. The van der Waals surface area contributed by atoms with Crippen molar-refractivity contribution in [2.24, 2.45) is 0 Å². The summed E-state index contributed by atoms with van der Waals surface area (Å²) in [5, 5.41) is 14.0. The summed E-state index contributed by atoms with van der Waals surface area (Å²) in [5.41, 5.74) is 0. The maximum absolute atomic E-state index is 13.0. The molecule has 3 unspecified atom stereocenters. The predicted octanol–water partition coefficient (Wildman–Crippen LogP) is 22.4. The number of quaternary nitrogens is 1. The molecular formula is C77H135N2O6P. The molecule has 0 aliphatic carbocycles. The maximum atomic E-state index is 13.0. The van der Waals surface area contributed by atoms with E-state index >= 15 is 0 Å². The molecule has 0 rings (SSSR count). The molecule has 0 aromatic rings. The smallest absolute Gasteiger partial charge is 0.268 e. The van der Waals surface area contributed by atoms with Crippen LogP contribution in [0.3, 0.4) is 0 Å². The number of phosphoric acid groups is 1. The highest BCUT2D eigenvalue weighted by Gasteiger charge is 2.23. The predicted molar refractivity (Wildman–Crippen MR) is 375 cm³/mol. The zero-order chi connectivity index (χ0) is 62.6. The molecule has 0 spiro atoms. The number of allylic oxidation sites excluding steroid dienone is 21. The number of amides is 1. The molecule has 0 aromatic heterocycles. The van der Waals surface area contributed by atoms with Crippen molar-refractivity contribution in [3.05, 3.63) is 134 Å². The first-order valence-electron chi connectivity index (χ1n) is 35.5. The van der Waals surface area contributed by atoms with Gasteiger partial charge in [0.05, 0.1) is 39.9 Å². The van der Waals surface area contributed by atoms with Crippen LogP contribution in [-0.2, 0) is 18.4 Å². The number of rotatable bonds is 64. The average Bonchev–Trinajstić information content (AvgIpc) is 3.70. The van der Waals surface area contributed by atoms with Crippen molar-refractivity contribution in [2.45, 2.75) is 309 Å². The van der Waals surface area contributed by atoms with E-state index in [1.54, 1.807) is 6.08 Å². The molecule has 0 aliphatic heterocycles. The molecule has 494 valence electrons. The van der Waals surface area contributed by atoms with Crippen molar-refractivity contribution in [2.75, 3.05) is 40.9 Å². The standard InChI is InChI=1S/C77H135N2O6P/c1-6-8-10-12-14-16-18-20-22-24-26-28-30-32-34-35-36-37-38-39-40-41-42-43-45-47-49-51-53-55-57-59-61-63-65-67-69-71-77(81)78-75(74-85-86(82,83)84-73-72-79(3,4)5)76(80)70-68-66-64-62-60-58-56-54-52-50-48-46-44-33-31-29-27-25-23-21-19-17-15-13-11-9-7-2/h8,10,14,16,20,22,26,28,32,34,36-37,39-40,42-43,47,49,53,55,68,70,75-76,80H,6-7,9,11-13,15,17-19,21,23-25,27,29-31,33,35,38,41,44-46,48,50-52,54,56-67,69,71-74H2,1-5H3,(H-,78,81,82,83)/b10-8-,16-14-,22-20-,28-26-,34-32-,37-36-,40-39-,43-42-,49-47-,55-53-,70-68+.